The van der Waals surface area contributed by atoms with Crippen LogP contribution in [0, 0.1) is 0 Å². The van der Waals surface area contributed by atoms with Crippen molar-refractivity contribution >= 4 is 58.2 Å². The molecule has 1 fully saturated rings. The molecule has 0 unspecified atom stereocenters. The topological polar surface area (TPSA) is 77.5 Å². The predicted molar refractivity (Wildman–Crippen MR) is 103 cm³/mol. The molecule has 26 heavy (non-hydrogen) atoms. The van der Waals surface area contributed by atoms with Gasteiger partial charge in [-0.2, -0.15) is 0 Å². The van der Waals surface area contributed by atoms with E-state index in [1.54, 1.807) is 54.6 Å². The molecular weight excluding hydrogens is 370 g/mol. The minimum atomic E-state index is -1.16. The zero-order valence-electron chi connectivity index (χ0n) is 13.4. The maximum Gasteiger partial charge on any atom is 0.270 e. The molecular formula is C19H12NO4S2-. The lowest BCUT2D eigenvalue weighted by molar-refractivity contribution is -0.304. The number of anilines is 1. The highest BCUT2D eigenvalue weighted by Gasteiger charge is 2.33. The van der Waals surface area contributed by atoms with Crippen molar-refractivity contribution in [2.45, 2.75) is 6.42 Å². The highest BCUT2D eigenvalue weighted by atomic mass is 32.2. The molecule has 3 rings (SSSR count). The second kappa shape index (κ2) is 7.63. The van der Waals surface area contributed by atoms with Crippen molar-refractivity contribution in [3.05, 3.63) is 70.1 Å². The molecule has 1 aliphatic heterocycles. The molecule has 0 N–H and O–H groups in total. The Hall–Kier alpha value is -2.77. The van der Waals surface area contributed by atoms with Crippen LogP contribution in [0.4, 0.5) is 5.69 Å². The lowest BCUT2D eigenvalue weighted by Gasteiger charge is -2.15. The molecule has 5 nitrogen and oxygen atoms in total. The normalized spacial score (nSPS) is 15.5. The summed E-state index contributed by atoms with van der Waals surface area (Å²) in [5.41, 5.74) is 2.52. The summed E-state index contributed by atoms with van der Waals surface area (Å²) < 4.78 is 0.401. The van der Waals surface area contributed by atoms with Gasteiger partial charge < -0.3 is 9.90 Å². The van der Waals surface area contributed by atoms with E-state index in [-0.39, 0.29) is 12.3 Å². The van der Waals surface area contributed by atoms with Crippen LogP contribution in [0.3, 0.4) is 0 Å². The van der Waals surface area contributed by atoms with Gasteiger partial charge in [-0.25, -0.2) is 0 Å². The number of carboxylic acid groups (broad SMARTS) is 1. The molecule has 2 aromatic carbocycles. The van der Waals surface area contributed by atoms with Gasteiger partial charge in [0.2, 0.25) is 0 Å². The van der Waals surface area contributed by atoms with E-state index in [0.717, 1.165) is 11.8 Å². The maximum atomic E-state index is 12.7. The molecule has 2 aromatic rings. The fourth-order valence-electron chi connectivity index (χ4n) is 2.44. The van der Waals surface area contributed by atoms with Crippen LogP contribution in [0.1, 0.15) is 21.5 Å². The van der Waals surface area contributed by atoms with Crippen LogP contribution in [-0.4, -0.2) is 22.5 Å². The first kappa shape index (κ1) is 18.0. The van der Waals surface area contributed by atoms with Crippen molar-refractivity contribution in [1.82, 2.24) is 0 Å². The first-order valence-electron chi connectivity index (χ1n) is 7.60. The highest BCUT2D eigenvalue weighted by Crippen LogP contribution is 2.36. The third kappa shape index (κ3) is 3.89. The number of amides is 1. The van der Waals surface area contributed by atoms with E-state index in [0.29, 0.717) is 26.0 Å². The van der Waals surface area contributed by atoms with E-state index in [2.05, 4.69) is 0 Å². The summed E-state index contributed by atoms with van der Waals surface area (Å²) in [6, 6.07) is 13.4. The number of benzene rings is 2. The molecule has 0 saturated carbocycles. The van der Waals surface area contributed by atoms with Crippen molar-refractivity contribution in [1.29, 1.82) is 0 Å². The lowest BCUT2D eigenvalue weighted by Crippen LogP contribution is -2.27. The van der Waals surface area contributed by atoms with Gasteiger partial charge >= 0.3 is 0 Å². The average Bonchev–Trinajstić information content (AvgIpc) is 2.89. The third-order valence-corrected chi connectivity index (χ3v) is 5.01. The molecule has 0 spiro atoms. The van der Waals surface area contributed by atoms with E-state index in [1.807, 2.05) is 0 Å². The van der Waals surface area contributed by atoms with Crippen LogP contribution < -0.4 is 10.0 Å². The van der Waals surface area contributed by atoms with Crippen LogP contribution in [-0.2, 0) is 16.0 Å². The maximum absolute atomic E-state index is 12.7. The van der Waals surface area contributed by atoms with Crippen LogP contribution in [0.5, 0.6) is 0 Å². The van der Waals surface area contributed by atoms with E-state index in [9.17, 15) is 19.5 Å². The number of carbonyl (C=O) groups is 3. The van der Waals surface area contributed by atoms with Gasteiger partial charge in [0.1, 0.15) is 6.29 Å². The number of aliphatic carboxylic acids is 1. The number of hydrogen-bond donors (Lipinski definition) is 0. The van der Waals surface area contributed by atoms with Gasteiger partial charge in [-0.3, -0.25) is 14.5 Å². The molecule has 130 valence electrons. The summed E-state index contributed by atoms with van der Waals surface area (Å²) in [7, 11) is 0. The molecule has 1 heterocycles. The molecule has 7 heteroatoms. The standard InChI is InChI=1S/C19H13NO4S2/c21-11-14-3-1-12(2-4-14)9-16-18(24)20(19(25)26-16)15-7-5-13(6-8-15)10-17(22)23/h1-9,11H,10H2,(H,22,23)/p-1/b16-9-. The Bertz CT molecular complexity index is 918. The Balaban J connectivity index is 1.82. The van der Waals surface area contributed by atoms with Gasteiger partial charge in [0.05, 0.1) is 10.6 Å². The molecule has 1 amide bonds. The van der Waals surface area contributed by atoms with E-state index in [1.165, 1.54) is 16.7 Å². The van der Waals surface area contributed by atoms with E-state index < -0.39 is 5.97 Å². The lowest BCUT2D eigenvalue weighted by atomic mass is 10.1. The Morgan fingerprint density at radius 3 is 2.27 bits per heavy atom. The third-order valence-electron chi connectivity index (χ3n) is 3.71. The van der Waals surface area contributed by atoms with Crippen molar-refractivity contribution < 1.29 is 19.5 Å². The molecule has 0 aromatic heterocycles. The Morgan fingerprint density at radius 2 is 1.69 bits per heavy atom. The zero-order chi connectivity index (χ0) is 18.7. The average molecular weight is 382 g/mol. The number of thioether (sulfide) groups is 1. The number of nitrogens with zero attached hydrogens (tertiary/aromatic N) is 1. The minimum absolute atomic E-state index is 0.185. The van der Waals surface area contributed by atoms with Gasteiger partial charge in [0.25, 0.3) is 5.91 Å². The molecule has 0 atom stereocenters. The summed E-state index contributed by atoms with van der Waals surface area (Å²) in [4.78, 5) is 35.9. The number of hydrogen-bond acceptors (Lipinski definition) is 6. The van der Waals surface area contributed by atoms with E-state index >= 15 is 0 Å². The summed E-state index contributed by atoms with van der Waals surface area (Å²) in [6.07, 6.45) is 2.29. The van der Waals surface area contributed by atoms with Gasteiger partial charge in [0, 0.05) is 18.0 Å². The van der Waals surface area contributed by atoms with Gasteiger partial charge in [-0.1, -0.05) is 60.4 Å². The summed E-state index contributed by atoms with van der Waals surface area (Å²) in [6.45, 7) is 0. The molecule has 1 aliphatic rings. The first-order valence-corrected chi connectivity index (χ1v) is 8.82. The summed E-state index contributed by atoms with van der Waals surface area (Å²) >= 11 is 6.50. The Morgan fingerprint density at radius 1 is 1.08 bits per heavy atom. The van der Waals surface area contributed by atoms with Crippen LogP contribution in [0.15, 0.2) is 53.4 Å². The second-order valence-corrected chi connectivity index (χ2v) is 7.19. The monoisotopic (exact) mass is 382 g/mol. The van der Waals surface area contributed by atoms with Gasteiger partial charge in [-0.05, 0) is 29.3 Å². The van der Waals surface area contributed by atoms with Crippen LogP contribution >= 0.6 is 24.0 Å². The molecule has 1 saturated heterocycles. The van der Waals surface area contributed by atoms with Crippen LogP contribution in [0.2, 0.25) is 0 Å². The quantitative estimate of drug-likeness (QED) is 0.448. The smallest absolute Gasteiger partial charge is 0.270 e. The van der Waals surface area contributed by atoms with E-state index in [4.69, 9.17) is 12.2 Å². The van der Waals surface area contributed by atoms with Crippen molar-refractivity contribution in [3.8, 4) is 0 Å². The number of rotatable bonds is 5. The SMILES string of the molecule is O=Cc1ccc(/C=C2\SC(=S)N(c3ccc(CC(=O)[O-])cc3)C2=O)cc1. The van der Waals surface area contributed by atoms with Crippen molar-refractivity contribution in [2.75, 3.05) is 4.90 Å². The summed E-state index contributed by atoms with van der Waals surface area (Å²) in [5, 5.41) is 10.6. The Labute approximate surface area is 159 Å². The minimum Gasteiger partial charge on any atom is -0.550 e. The fraction of sp³-hybridized carbons (Fsp3) is 0.0526. The summed E-state index contributed by atoms with van der Waals surface area (Å²) in [5.74, 6) is -1.40. The second-order valence-electron chi connectivity index (χ2n) is 5.52. The fourth-order valence-corrected chi connectivity index (χ4v) is 3.74. The zero-order valence-corrected chi connectivity index (χ0v) is 15.0. The largest absolute Gasteiger partial charge is 0.550 e. The van der Waals surface area contributed by atoms with Gasteiger partial charge in [0.15, 0.2) is 4.32 Å². The molecule has 0 bridgehead atoms. The van der Waals surface area contributed by atoms with Crippen molar-refractivity contribution in [3.63, 3.8) is 0 Å². The highest BCUT2D eigenvalue weighted by molar-refractivity contribution is 8.27. The Kier molecular flexibility index (Phi) is 5.29. The van der Waals surface area contributed by atoms with Crippen LogP contribution in [0.25, 0.3) is 6.08 Å². The van der Waals surface area contributed by atoms with Crippen molar-refractivity contribution in [2.24, 2.45) is 0 Å². The molecule has 0 radical (unpaired) electrons. The number of carboxylic acids is 1. The number of thiocarbonyl (C=S) groups is 1. The number of aldehydes is 1. The number of carbonyl (C=O) groups excluding carboxylic acids is 3. The predicted octanol–water partition coefficient (Wildman–Crippen LogP) is 2.20. The first-order chi connectivity index (χ1) is 12.5. The van der Waals surface area contributed by atoms with Gasteiger partial charge in [-0.15, -0.1) is 0 Å². The molecule has 0 aliphatic carbocycles.